The Balaban J connectivity index is 1.63. The van der Waals surface area contributed by atoms with Crippen molar-refractivity contribution in [2.45, 2.75) is 25.8 Å². The zero-order valence-electron chi connectivity index (χ0n) is 14.6. The van der Waals surface area contributed by atoms with E-state index in [9.17, 15) is 14.7 Å². The number of aromatic hydroxyl groups is 1. The van der Waals surface area contributed by atoms with Gasteiger partial charge in [-0.2, -0.15) is 0 Å². The monoisotopic (exact) mass is 370 g/mol. The summed E-state index contributed by atoms with van der Waals surface area (Å²) in [6, 6.07) is 10.7. The number of hydrogen-bond acceptors (Lipinski definition) is 4. The summed E-state index contributed by atoms with van der Waals surface area (Å²) in [6.45, 7) is 2.69. The van der Waals surface area contributed by atoms with Crippen LogP contribution in [0, 0.1) is 0 Å². The second-order valence-electron chi connectivity index (χ2n) is 6.34. The third-order valence-corrected chi connectivity index (χ3v) is 5.43. The maximum absolute atomic E-state index is 12.7. The lowest BCUT2D eigenvalue weighted by Gasteiger charge is -2.28. The van der Waals surface area contributed by atoms with Crippen LogP contribution < -0.4 is 5.32 Å². The number of phenols is 1. The predicted octanol–water partition coefficient (Wildman–Crippen LogP) is 3.34. The summed E-state index contributed by atoms with van der Waals surface area (Å²) in [5.74, 6) is 0.155. The van der Waals surface area contributed by atoms with Crippen LogP contribution in [0.4, 0.5) is 0 Å². The van der Waals surface area contributed by atoms with Crippen molar-refractivity contribution in [2.75, 3.05) is 13.1 Å². The minimum absolute atomic E-state index is 0.0400. The normalized spacial score (nSPS) is 15.3. The van der Waals surface area contributed by atoms with Gasteiger partial charge in [-0.15, -0.1) is 11.3 Å². The molecule has 0 saturated heterocycles. The van der Waals surface area contributed by atoms with Crippen molar-refractivity contribution in [3.63, 3.8) is 0 Å². The molecule has 3 rings (SSSR count). The molecule has 1 aromatic carbocycles. The zero-order chi connectivity index (χ0) is 18.5. The third-order valence-electron chi connectivity index (χ3n) is 4.44. The maximum Gasteiger partial charge on any atom is 0.225 e. The predicted molar refractivity (Wildman–Crippen MR) is 103 cm³/mol. The highest BCUT2D eigenvalue weighted by molar-refractivity contribution is 7.10. The van der Waals surface area contributed by atoms with Crippen molar-refractivity contribution in [1.82, 2.24) is 10.2 Å². The van der Waals surface area contributed by atoms with Crippen molar-refractivity contribution < 1.29 is 14.7 Å². The Morgan fingerprint density at radius 2 is 2.04 bits per heavy atom. The van der Waals surface area contributed by atoms with Crippen LogP contribution in [0.15, 0.2) is 47.9 Å². The van der Waals surface area contributed by atoms with Crippen LogP contribution in [0.2, 0.25) is 0 Å². The lowest BCUT2D eigenvalue weighted by Crippen LogP contribution is -2.38. The molecule has 0 radical (unpaired) electrons. The molecule has 26 heavy (non-hydrogen) atoms. The van der Waals surface area contributed by atoms with Gasteiger partial charge in [0.25, 0.3) is 0 Å². The summed E-state index contributed by atoms with van der Waals surface area (Å²) >= 11 is 1.54. The van der Waals surface area contributed by atoms with Crippen LogP contribution in [0.5, 0.6) is 5.75 Å². The van der Waals surface area contributed by atoms with Gasteiger partial charge in [-0.05, 0) is 41.1 Å². The van der Waals surface area contributed by atoms with Crippen LogP contribution in [0.25, 0.3) is 5.57 Å². The van der Waals surface area contributed by atoms with E-state index in [-0.39, 0.29) is 30.0 Å². The molecular weight excluding hydrogens is 348 g/mol. The van der Waals surface area contributed by atoms with E-state index in [0.29, 0.717) is 13.1 Å². The summed E-state index contributed by atoms with van der Waals surface area (Å²) in [7, 11) is 0. The van der Waals surface area contributed by atoms with Gasteiger partial charge in [-0.1, -0.05) is 24.3 Å². The number of hydrogen-bond donors (Lipinski definition) is 2. The van der Waals surface area contributed by atoms with Crippen LogP contribution in [-0.2, 0) is 9.59 Å². The van der Waals surface area contributed by atoms with E-state index in [4.69, 9.17) is 0 Å². The number of benzene rings is 1. The second kappa shape index (κ2) is 8.19. The van der Waals surface area contributed by atoms with Crippen molar-refractivity contribution in [1.29, 1.82) is 0 Å². The summed E-state index contributed by atoms with van der Waals surface area (Å²) in [6.07, 6.45) is 3.11. The Morgan fingerprint density at radius 3 is 2.62 bits per heavy atom. The first-order valence-corrected chi connectivity index (χ1v) is 9.47. The highest BCUT2D eigenvalue weighted by atomic mass is 32.1. The van der Waals surface area contributed by atoms with Crippen molar-refractivity contribution >= 4 is 28.7 Å². The fraction of sp³-hybridized carbons (Fsp3) is 0.300. The van der Waals surface area contributed by atoms with Crippen molar-refractivity contribution in [2.24, 2.45) is 0 Å². The molecule has 136 valence electrons. The second-order valence-corrected chi connectivity index (χ2v) is 7.32. The van der Waals surface area contributed by atoms with Crippen molar-refractivity contribution in [3.8, 4) is 5.75 Å². The number of carbonyl (C=O) groups excluding carboxylic acids is 2. The van der Waals surface area contributed by atoms with Gasteiger partial charge >= 0.3 is 0 Å². The topological polar surface area (TPSA) is 69.6 Å². The van der Waals surface area contributed by atoms with Gasteiger partial charge in [0.2, 0.25) is 11.8 Å². The molecule has 2 aromatic rings. The smallest absolute Gasteiger partial charge is 0.225 e. The lowest BCUT2D eigenvalue weighted by atomic mass is 9.99. The first-order valence-electron chi connectivity index (χ1n) is 8.59. The average molecular weight is 370 g/mol. The molecular formula is C20H22N2O3S. The summed E-state index contributed by atoms with van der Waals surface area (Å²) in [5.41, 5.74) is 2.26. The first-order chi connectivity index (χ1) is 12.5. The molecule has 0 spiro atoms. The molecule has 0 unspecified atom stereocenters. The molecule has 2 heterocycles. The quantitative estimate of drug-likeness (QED) is 0.848. The van der Waals surface area contributed by atoms with Gasteiger partial charge < -0.3 is 15.3 Å². The summed E-state index contributed by atoms with van der Waals surface area (Å²) in [5, 5.41) is 14.2. The van der Waals surface area contributed by atoms with E-state index in [1.165, 1.54) is 12.5 Å². The SMILES string of the molecule is CC(=O)N[C@@H](CC(=O)N1CC=C(c2ccc(O)cc2)CC1)c1cccs1. The zero-order valence-corrected chi connectivity index (χ0v) is 15.5. The highest BCUT2D eigenvalue weighted by Gasteiger charge is 2.23. The molecule has 2 N–H and O–H groups in total. The Labute approximate surface area is 157 Å². The van der Waals surface area contributed by atoms with E-state index in [1.54, 1.807) is 23.5 Å². The van der Waals surface area contributed by atoms with Gasteiger partial charge in [0, 0.05) is 24.9 Å². The number of thiophene rings is 1. The van der Waals surface area contributed by atoms with E-state index in [2.05, 4.69) is 11.4 Å². The molecule has 1 atom stereocenters. The van der Waals surface area contributed by atoms with Crippen LogP contribution in [0.3, 0.4) is 0 Å². The Bertz CT molecular complexity index is 797. The minimum Gasteiger partial charge on any atom is -0.508 e. The summed E-state index contributed by atoms with van der Waals surface area (Å²) < 4.78 is 0. The van der Waals surface area contributed by atoms with E-state index in [1.807, 2.05) is 34.5 Å². The van der Waals surface area contributed by atoms with E-state index >= 15 is 0 Å². The molecule has 6 heteroatoms. The highest BCUT2D eigenvalue weighted by Crippen LogP contribution is 2.26. The molecule has 0 bridgehead atoms. The van der Waals surface area contributed by atoms with E-state index < -0.39 is 0 Å². The van der Waals surface area contributed by atoms with Crippen LogP contribution in [0.1, 0.15) is 36.2 Å². The number of nitrogens with zero attached hydrogens (tertiary/aromatic N) is 1. The van der Waals surface area contributed by atoms with Crippen molar-refractivity contribution in [3.05, 3.63) is 58.3 Å². The first kappa shape index (κ1) is 18.2. The Morgan fingerprint density at radius 1 is 1.27 bits per heavy atom. The largest absolute Gasteiger partial charge is 0.508 e. The van der Waals surface area contributed by atoms with Gasteiger partial charge in [0.15, 0.2) is 0 Å². The molecule has 0 fully saturated rings. The number of amides is 2. The van der Waals surface area contributed by atoms with Crippen LogP contribution in [-0.4, -0.2) is 34.9 Å². The number of phenolic OH excluding ortho intramolecular Hbond substituents is 1. The Kier molecular flexibility index (Phi) is 5.73. The molecule has 2 amide bonds. The van der Waals surface area contributed by atoms with Gasteiger partial charge in [0.1, 0.15) is 5.75 Å². The maximum atomic E-state index is 12.7. The number of rotatable bonds is 5. The standard InChI is InChI=1S/C20H22N2O3S/c1-14(23)21-18(19-3-2-12-26-19)13-20(25)22-10-8-16(9-11-22)15-4-6-17(24)7-5-15/h2-8,12,18,24H,9-11,13H2,1H3,(H,21,23)/t18-/m0/s1. The Hall–Kier alpha value is -2.60. The third kappa shape index (κ3) is 4.52. The minimum atomic E-state index is -0.275. The molecule has 0 saturated carbocycles. The van der Waals surface area contributed by atoms with Gasteiger partial charge in [-0.25, -0.2) is 0 Å². The molecule has 5 nitrogen and oxygen atoms in total. The van der Waals surface area contributed by atoms with E-state index in [0.717, 1.165) is 16.9 Å². The number of nitrogens with one attached hydrogen (secondary N) is 1. The summed E-state index contributed by atoms with van der Waals surface area (Å²) in [4.78, 5) is 27.0. The molecule has 1 aliphatic heterocycles. The molecule has 1 aliphatic rings. The molecule has 0 aliphatic carbocycles. The van der Waals surface area contributed by atoms with Gasteiger partial charge in [-0.3, -0.25) is 9.59 Å². The average Bonchev–Trinajstić information content (AvgIpc) is 3.16. The number of carbonyl (C=O) groups is 2. The molecule has 1 aromatic heterocycles. The van der Waals surface area contributed by atoms with Gasteiger partial charge in [0.05, 0.1) is 12.5 Å². The fourth-order valence-electron chi connectivity index (χ4n) is 3.09. The van der Waals surface area contributed by atoms with Crippen LogP contribution >= 0.6 is 11.3 Å². The lowest BCUT2D eigenvalue weighted by molar-refractivity contribution is -0.131. The fourth-order valence-corrected chi connectivity index (χ4v) is 3.87.